The van der Waals surface area contributed by atoms with Gasteiger partial charge >= 0.3 is 0 Å². The normalized spacial score (nSPS) is 11.1. The lowest BCUT2D eigenvalue weighted by atomic mass is 10.3. The van der Waals surface area contributed by atoms with E-state index in [2.05, 4.69) is 25.3 Å². The van der Waals surface area contributed by atoms with E-state index in [0.717, 1.165) is 48.8 Å². The molecule has 2 N–H and O–H groups in total. The molecule has 0 aromatic carbocycles. The summed E-state index contributed by atoms with van der Waals surface area (Å²) in [6.07, 6.45) is 5.55. The molecule has 0 fully saturated rings. The van der Waals surface area contributed by atoms with Crippen LogP contribution in [0.3, 0.4) is 0 Å². The predicted molar refractivity (Wildman–Crippen MR) is 82.2 cm³/mol. The molecule has 3 nitrogen and oxygen atoms in total. The van der Waals surface area contributed by atoms with Crippen LogP contribution in [0.4, 0.5) is 5.82 Å². The molecule has 0 amide bonds. The second-order valence-electron chi connectivity index (χ2n) is 4.56. The Kier molecular flexibility index (Phi) is 7.25. The second-order valence-corrected chi connectivity index (χ2v) is 5.96. The van der Waals surface area contributed by atoms with Crippen LogP contribution in [0.15, 0.2) is 0 Å². The minimum atomic E-state index is 0.906. The highest BCUT2D eigenvalue weighted by molar-refractivity contribution is 7.99. The first kappa shape index (κ1) is 15.4. The van der Waals surface area contributed by atoms with Crippen LogP contribution in [-0.2, 0) is 19.4 Å². The fourth-order valence-corrected chi connectivity index (χ4v) is 2.67. The molecule has 18 heavy (non-hydrogen) atoms. The lowest BCUT2D eigenvalue weighted by molar-refractivity contribution is 0.604. The van der Waals surface area contributed by atoms with Gasteiger partial charge in [0.05, 0.1) is 5.69 Å². The van der Waals surface area contributed by atoms with Gasteiger partial charge in [-0.15, -0.1) is 0 Å². The van der Waals surface area contributed by atoms with E-state index in [4.69, 9.17) is 10.7 Å². The first-order valence-corrected chi connectivity index (χ1v) is 8.31. The molecule has 104 valence electrons. The number of hydrogen-bond acceptors (Lipinski definition) is 3. The van der Waals surface area contributed by atoms with E-state index in [1.807, 2.05) is 11.8 Å². The van der Waals surface area contributed by atoms with E-state index in [0.29, 0.717) is 0 Å². The summed E-state index contributed by atoms with van der Waals surface area (Å²) in [5, 5.41) is 0. The molecule has 4 heteroatoms. The van der Waals surface area contributed by atoms with E-state index < -0.39 is 0 Å². The Hall–Kier alpha value is -0.640. The van der Waals surface area contributed by atoms with Gasteiger partial charge in [0.25, 0.3) is 0 Å². The van der Waals surface area contributed by atoms with Crippen molar-refractivity contribution in [1.82, 2.24) is 9.55 Å². The lowest BCUT2D eigenvalue weighted by Gasteiger charge is -2.08. The van der Waals surface area contributed by atoms with Gasteiger partial charge in [-0.3, -0.25) is 0 Å². The zero-order chi connectivity index (χ0) is 13.4. The summed E-state index contributed by atoms with van der Waals surface area (Å²) < 4.78 is 2.24. The van der Waals surface area contributed by atoms with Crippen LogP contribution >= 0.6 is 11.8 Å². The number of nitrogens with two attached hydrogens (primary N) is 1. The largest absolute Gasteiger partial charge is 0.384 e. The summed E-state index contributed by atoms with van der Waals surface area (Å²) in [5.74, 6) is 4.37. The summed E-state index contributed by atoms with van der Waals surface area (Å²) in [4.78, 5) is 4.75. The molecule has 1 aromatic heterocycles. The van der Waals surface area contributed by atoms with Gasteiger partial charge in [-0.05, 0) is 24.3 Å². The molecule has 0 radical (unpaired) electrons. The van der Waals surface area contributed by atoms with Gasteiger partial charge < -0.3 is 10.3 Å². The zero-order valence-electron chi connectivity index (χ0n) is 12.0. The first-order chi connectivity index (χ1) is 8.74. The van der Waals surface area contributed by atoms with Crippen molar-refractivity contribution in [3.8, 4) is 0 Å². The van der Waals surface area contributed by atoms with Crippen molar-refractivity contribution in [3.05, 3.63) is 11.5 Å². The van der Waals surface area contributed by atoms with Crippen LogP contribution in [0.2, 0.25) is 0 Å². The minimum absolute atomic E-state index is 0.906. The first-order valence-electron chi connectivity index (χ1n) is 7.16. The van der Waals surface area contributed by atoms with Gasteiger partial charge in [0.1, 0.15) is 11.6 Å². The fraction of sp³-hybridized carbons (Fsp3) is 0.786. The summed E-state index contributed by atoms with van der Waals surface area (Å²) in [6, 6.07) is 0. The number of rotatable bonds is 9. The Morgan fingerprint density at radius 3 is 2.56 bits per heavy atom. The maximum absolute atomic E-state index is 6.25. The third-order valence-corrected chi connectivity index (χ3v) is 3.96. The summed E-state index contributed by atoms with van der Waals surface area (Å²) in [7, 11) is 0. The van der Waals surface area contributed by atoms with Gasteiger partial charge in [0, 0.05) is 19.4 Å². The monoisotopic (exact) mass is 269 g/mol. The van der Waals surface area contributed by atoms with Crippen molar-refractivity contribution < 1.29 is 0 Å². The Labute approximate surface area is 116 Å². The number of hydrogen-bond donors (Lipinski definition) is 1. The Morgan fingerprint density at radius 1 is 1.17 bits per heavy atom. The molecule has 1 rings (SSSR count). The third-order valence-electron chi connectivity index (χ3n) is 3.06. The van der Waals surface area contributed by atoms with E-state index in [1.54, 1.807) is 0 Å². The molecule has 0 bridgehead atoms. The number of thioether (sulfide) groups is 1. The molecule has 0 unspecified atom stereocenters. The average molecular weight is 269 g/mol. The van der Waals surface area contributed by atoms with Gasteiger partial charge in [0.15, 0.2) is 0 Å². The average Bonchev–Trinajstić information content (AvgIpc) is 2.65. The number of nitrogens with zero attached hydrogens (tertiary/aromatic N) is 2. The van der Waals surface area contributed by atoms with E-state index in [1.165, 1.54) is 18.7 Å². The summed E-state index contributed by atoms with van der Waals surface area (Å²) in [5.41, 5.74) is 7.36. The lowest BCUT2D eigenvalue weighted by Crippen LogP contribution is -2.07. The standard InChI is InChI=1S/C14H27N3S/c1-4-7-10-17-13(8-5-2)16-12(14(17)15)9-11-18-6-3/h4-11,15H2,1-3H3. The van der Waals surface area contributed by atoms with Gasteiger partial charge in [-0.25, -0.2) is 4.98 Å². The maximum atomic E-state index is 6.25. The SMILES string of the molecule is CCCCn1c(CCC)nc(CCSCC)c1N. The summed E-state index contributed by atoms with van der Waals surface area (Å²) in [6.45, 7) is 7.62. The number of aromatic nitrogens is 2. The predicted octanol–water partition coefficient (Wildman–Crippen LogP) is 3.51. The van der Waals surface area contributed by atoms with E-state index >= 15 is 0 Å². The molecule has 0 atom stereocenters. The third kappa shape index (κ3) is 4.23. The molecule has 1 heterocycles. The van der Waals surface area contributed by atoms with Crippen LogP contribution < -0.4 is 5.73 Å². The Bertz CT molecular complexity index is 347. The van der Waals surface area contributed by atoms with Crippen molar-refractivity contribution in [1.29, 1.82) is 0 Å². The quantitative estimate of drug-likeness (QED) is 0.698. The van der Waals surface area contributed by atoms with Crippen LogP contribution in [0.1, 0.15) is 51.6 Å². The van der Waals surface area contributed by atoms with Gasteiger partial charge in [-0.2, -0.15) is 11.8 Å². The number of imidazole rings is 1. The number of unbranched alkanes of at least 4 members (excludes halogenated alkanes) is 1. The minimum Gasteiger partial charge on any atom is -0.384 e. The van der Waals surface area contributed by atoms with Crippen molar-refractivity contribution in [2.45, 2.75) is 59.4 Å². The zero-order valence-corrected chi connectivity index (χ0v) is 12.9. The maximum Gasteiger partial charge on any atom is 0.126 e. The second kappa shape index (κ2) is 8.46. The van der Waals surface area contributed by atoms with Crippen molar-refractivity contribution in [2.75, 3.05) is 17.2 Å². The van der Waals surface area contributed by atoms with Gasteiger partial charge in [-0.1, -0.05) is 27.2 Å². The van der Waals surface area contributed by atoms with Crippen LogP contribution in [-0.4, -0.2) is 21.1 Å². The Morgan fingerprint density at radius 2 is 1.94 bits per heavy atom. The molecule has 0 aliphatic rings. The molecular weight excluding hydrogens is 242 g/mol. The highest BCUT2D eigenvalue weighted by Crippen LogP contribution is 2.19. The van der Waals surface area contributed by atoms with Crippen molar-refractivity contribution in [3.63, 3.8) is 0 Å². The summed E-state index contributed by atoms with van der Waals surface area (Å²) >= 11 is 1.95. The molecule has 0 aliphatic heterocycles. The van der Waals surface area contributed by atoms with Gasteiger partial charge in [0.2, 0.25) is 0 Å². The number of nitrogen functional groups attached to an aromatic ring is 1. The van der Waals surface area contributed by atoms with Crippen LogP contribution in [0.25, 0.3) is 0 Å². The van der Waals surface area contributed by atoms with E-state index in [-0.39, 0.29) is 0 Å². The highest BCUT2D eigenvalue weighted by atomic mass is 32.2. The highest BCUT2D eigenvalue weighted by Gasteiger charge is 2.13. The van der Waals surface area contributed by atoms with Crippen LogP contribution in [0, 0.1) is 0 Å². The molecule has 0 saturated heterocycles. The van der Waals surface area contributed by atoms with Crippen LogP contribution in [0.5, 0.6) is 0 Å². The molecule has 0 aliphatic carbocycles. The number of anilines is 1. The fourth-order valence-electron chi connectivity index (χ4n) is 2.05. The number of aryl methyl sites for hydroxylation is 2. The molecule has 0 spiro atoms. The van der Waals surface area contributed by atoms with E-state index in [9.17, 15) is 0 Å². The molecular formula is C14H27N3S. The smallest absolute Gasteiger partial charge is 0.126 e. The van der Waals surface area contributed by atoms with Crippen molar-refractivity contribution >= 4 is 17.6 Å². The molecule has 1 aromatic rings. The molecule has 0 saturated carbocycles. The topological polar surface area (TPSA) is 43.8 Å². The Balaban J connectivity index is 2.77. The van der Waals surface area contributed by atoms with Crippen molar-refractivity contribution in [2.24, 2.45) is 0 Å².